The van der Waals surface area contributed by atoms with Gasteiger partial charge in [-0.3, -0.25) is 24.2 Å². The van der Waals surface area contributed by atoms with Crippen LogP contribution in [0.15, 0.2) is 60.7 Å². The number of methoxy groups -OCH3 is 2. The fourth-order valence-electron chi connectivity index (χ4n) is 6.24. The van der Waals surface area contributed by atoms with Crippen LogP contribution in [0.5, 0.6) is 11.5 Å². The van der Waals surface area contributed by atoms with Crippen molar-refractivity contribution in [2.45, 2.75) is 6.42 Å². The number of hydrogen-bond acceptors (Lipinski definition) is 5. The van der Waals surface area contributed by atoms with E-state index in [1.807, 2.05) is 0 Å². The van der Waals surface area contributed by atoms with Gasteiger partial charge in [-0.2, -0.15) is 0 Å². The molecule has 34 heavy (non-hydrogen) atoms. The molecule has 7 heteroatoms. The van der Waals surface area contributed by atoms with Crippen molar-refractivity contribution in [3.05, 3.63) is 66.2 Å². The quantitative estimate of drug-likeness (QED) is 0.490. The Balaban J connectivity index is 1.34. The molecule has 7 nitrogen and oxygen atoms in total. The number of amides is 3. The van der Waals surface area contributed by atoms with Crippen LogP contribution < -0.4 is 14.4 Å². The normalized spacial score (nSPS) is 30.1. The van der Waals surface area contributed by atoms with Crippen LogP contribution in [0.1, 0.15) is 16.8 Å². The van der Waals surface area contributed by atoms with Crippen LogP contribution in [0.3, 0.4) is 0 Å². The average Bonchev–Trinajstić information content (AvgIpc) is 3.67. The highest BCUT2D eigenvalue weighted by molar-refractivity contribution is 6.10. The Labute approximate surface area is 197 Å². The van der Waals surface area contributed by atoms with E-state index in [1.54, 1.807) is 62.8 Å². The van der Waals surface area contributed by atoms with E-state index in [-0.39, 0.29) is 48.1 Å². The Morgan fingerprint density at radius 2 is 1.53 bits per heavy atom. The van der Waals surface area contributed by atoms with Crippen LogP contribution in [-0.2, 0) is 9.59 Å². The summed E-state index contributed by atoms with van der Waals surface area (Å²) in [7, 11) is 3.12. The number of nitrogens with zero attached hydrogens (tertiary/aromatic N) is 2. The predicted octanol–water partition coefficient (Wildman–Crippen LogP) is 3.36. The molecular formula is C27H26N2O5. The summed E-state index contributed by atoms with van der Waals surface area (Å²) in [6.07, 6.45) is 5.41. The zero-order valence-corrected chi connectivity index (χ0v) is 19.1. The molecule has 7 rings (SSSR count). The Morgan fingerprint density at radius 3 is 2.12 bits per heavy atom. The SMILES string of the molecule is COc1ccc(N(CN2C(=O)[C@@H]3[C@H]4C=C[C@@H]([C@@H]5C[C@@H]45)[C@H]3C2=O)C(=O)c2cccc(OC)c2)cc1. The van der Waals surface area contributed by atoms with Crippen molar-refractivity contribution in [3.63, 3.8) is 0 Å². The third-order valence-electron chi connectivity index (χ3n) is 7.98. The lowest BCUT2D eigenvalue weighted by atomic mass is 9.63. The number of anilines is 1. The molecule has 5 aliphatic rings. The molecular weight excluding hydrogens is 432 g/mol. The van der Waals surface area contributed by atoms with Crippen LogP contribution in [0, 0.1) is 35.5 Å². The second-order valence-electron chi connectivity index (χ2n) is 9.56. The van der Waals surface area contributed by atoms with E-state index in [2.05, 4.69) is 12.2 Å². The molecule has 3 amide bonds. The highest BCUT2D eigenvalue weighted by atomic mass is 16.5. The molecule has 3 fully saturated rings. The number of benzene rings is 2. The highest BCUT2D eigenvalue weighted by Crippen LogP contribution is 2.65. The number of imide groups is 1. The van der Waals surface area contributed by atoms with Gasteiger partial charge in [0.2, 0.25) is 11.8 Å². The lowest BCUT2D eigenvalue weighted by Gasteiger charge is -2.37. The summed E-state index contributed by atoms with van der Waals surface area (Å²) in [5.41, 5.74) is 0.989. The van der Waals surface area contributed by atoms with Crippen molar-refractivity contribution < 1.29 is 23.9 Å². The molecule has 2 saturated carbocycles. The zero-order chi connectivity index (χ0) is 23.6. The third-order valence-corrected chi connectivity index (χ3v) is 7.98. The molecule has 0 aromatic heterocycles. The maximum absolute atomic E-state index is 13.7. The Kier molecular flexibility index (Phi) is 4.76. The van der Waals surface area contributed by atoms with Crippen molar-refractivity contribution in [3.8, 4) is 11.5 Å². The molecule has 0 radical (unpaired) electrons. The van der Waals surface area contributed by atoms with Gasteiger partial charge in [-0.25, -0.2) is 0 Å². The van der Waals surface area contributed by atoms with Crippen LogP contribution in [0.25, 0.3) is 0 Å². The minimum absolute atomic E-state index is 0.123. The first kappa shape index (κ1) is 21.0. The fraction of sp³-hybridized carbons (Fsp3) is 0.370. The lowest BCUT2D eigenvalue weighted by molar-refractivity contribution is -0.140. The van der Waals surface area contributed by atoms with E-state index < -0.39 is 0 Å². The summed E-state index contributed by atoms with van der Waals surface area (Å²) in [4.78, 5) is 43.5. The van der Waals surface area contributed by atoms with Gasteiger partial charge in [0.15, 0.2) is 0 Å². The van der Waals surface area contributed by atoms with E-state index in [4.69, 9.17) is 9.47 Å². The summed E-state index contributed by atoms with van der Waals surface area (Å²) in [6.45, 7) is -0.123. The van der Waals surface area contributed by atoms with Crippen LogP contribution in [0.4, 0.5) is 5.69 Å². The van der Waals surface area contributed by atoms with Crippen molar-refractivity contribution >= 4 is 23.4 Å². The Morgan fingerprint density at radius 1 is 0.912 bits per heavy atom. The monoisotopic (exact) mass is 458 g/mol. The topological polar surface area (TPSA) is 76.2 Å². The molecule has 2 aromatic rings. The minimum Gasteiger partial charge on any atom is -0.497 e. The van der Waals surface area contributed by atoms with Crippen molar-refractivity contribution in [1.29, 1.82) is 0 Å². The van der Waals surface area contributed by atoms with Gasteiger partial charge in [0, 0.05) is 11.3 Å². The van der Waals surface area contributed by atoms with E-state index in [1.165, 1.54) is 9.80 Å². The van der Waals surface area contributed by atoms with E-state index in [9.17, 15) is 14.4 Å². The van der Waals surface area contributed by atoms with Gasteiger partial charge >= 0.3 is 0 Å². The van der Waals surface area contributed by atoms with Crippen molar-refractivity contribution in [2.75, 3.05) is 25.8 Å². The smallest absolute Gasteiger partial charge is 0.259 e. The average molecular weight is 459 g/mol. The van der Waals surface area contributed by atoms with Crippen LogP contribution in [-0.4, -0.2) is 43.5 Å². The predicted molar refractivity (Wildman–Crippen MR) is 124 cm³/mol. The van der Waals surface area contributed by atoms with Gasteiger partial charge in [-0.1, -0.05) is 18.2 Å². The standard InChI is InChI=1S/C27H26N2O5/c1-33-17-8-6-16(7-9-17)28(25(30)15-4-3-5-18(12-15)34-2)14-29-26(31)23-19-10-11-20(22-13-21(19)22)24(23)27(29)32/h3-12,19-24H,13-14H2,1-2H3/t19-,20-,21-,22-,23+,24+/m0/s1. The second kappa shape index (κ2) is 7.72. The minimum atomic E-state index is -0.316. The van der Waals surface area contributed by atoms with Gasteiger partial charge < -0.3 is 9.47 Å². The lowest BCUT2D eigenvalue weighted by Crippen LogP contribution is -2.45. The maximum atomic E-state index is 13.7. The molecule has 1 heterocycles. The number of likely N-dealkylation sites (tertiary alicyclic amines) is 1. The summed E-state index contributed by atoms with van der Waals surface area (Å²) >= 11 is 0. The summed E-state index contributed by atoms with van der Waals surface area (Å²) in [6, 6.07) is 13.9. The molecule has 6 atom stereocenters. The van der Waals surface area contributed by atoms with Gasteiger partial charge in [0.05, 0.1) is 26.1 Å². The van der Waals surface area contributed by atoms with Gasteiger partial charge in [0.1, 0.15) is 18.2 Å². The molecule has 2 bridgehead atoms. The zero-order valence-electron chi connectivity index (χ0n) is 19.1. The maximum Gasteiger partial charge on any atom is 0.259 e. The van der Waals surface area contributed by atoms with Crippen LogP contribution >= 0.6 is 0 Å². The van der Waals surface area contributed by atoms with Crippen LogP contribution in [0.2, 0.25) is 0 Å². The molecule has 4 aliphatic carbocycles. The Bertz CT molecular complexity index is 1170. The van der Waals surface area contributed by atoms with E-state index in [0.717, 1.165) is 6.42 Å². The molecule has 174 valence electrons. The van der Waals surface area contributed by atoms with Crippen molar-refractivity contribution in [2.24, 2.45) is 35.5 Å². The fourth-order valence-corrected chi connectivity index (χ4v) is 6.24. The summed E-state index contributed by atoms with van der Waals surface area (Å²) < 4.78 is 10.5. The summed E-state index contributed by atoms with van der Waals surface area (Å²) in [5.74, 6) is 1.34. The first-order valence-electron chi connectivity index (χ1n) is 11.7. The van der Waals surface area contributed by atoms with Crippen molar-refractivity contribution in [1.82, 2.24) is 4.90 Å². The number of allylic oxidation sites excluding steroid dienone is 2. The number of hydrogen-bond donors (Lipinski definition) is 0. The molecule has 1 saturated heterocycles. The number of rotatable bonds is 6. The van der Waals surface area contributed by atoms with Gasteiger partial charge in [-0.15, -0.1) is 0 Å². The molecule has 2 aromatic carbocycles. The van der Waals surface area contributed by atoms with E-state index in [0.29, 0.717) is 34.6 Å². The molecule has 0 N–H and O–H groups in total. The highest BCUT2D eigenvalue weighted by Gasteiger charge is 2.67. The number of carbonyl (C=O) groups excluding carboxylic acids is 3. The second-order valence-corrected chi connectivity index (χ2v) is 9.56. The number of ether oxygens (including phenoxy) is 2. The largest absolute Gasteiger partial charge is 0.497 e. The number of carbonyl (C=O) groups is 3. The first-order valence-corrected chi connectivity index (χ1v) is 11.7. The first-order chi connectivity index (χ1) is 16.5. The van der Waals surface area contributed by atoms with Gasteiger partial charge in [0.25, 0.3) is 5.91 Å². The van der Waals surface area contributed by atoms with E-state index >= 15 is 0 Å². The molecule has 0 spiro atoms. The Hall–Kier alpha value is -3.61. The van der Waals surface area contributed by atoms with Gasteiger partial charge in [-0.05, 0) is 72.6 Å². The molecule has 1 aliphatic heterocycles. The molecule has 0 unspecified atom stereocenters. The third kappa shape index (κ3) is 3.06. The summed E-state index contributed by atoms with van der Waals surface area (Å²) in [5, 5.41) is 0.